The van der Waals surface area contributed by atoms with Gasteiger partial charge in [0, 0.05) is 6.02 Å². The predicted octanol–water partition coefficient (Wildman–Crippen LogP) is 1.89. The summed E-state index contributed by atoms with van der Waals surface area (Å²) in [5.74, 6) is 0. The molecule has 0 radical (unpaired) electrons. The molecule has 1 aliphatic rings. The monoisotopic (exact) mass is 148 g/mol. The molecule has 1 aliphatic heterocycles. The highest BCUT2D eigenvalue weighted by Crippen LogP contribution is 2.21. The van der Waals surface area contributed by atoms with E-state index in [0.29, 0.717) is 0 Å². The molecule has 0 fully saturated rings. The average molecular weight is 148 g/mol. The zero-order valence-electron chi connectivity index (χ0n) is 7.72. The van der Waals surface area contributed by atoms with Crippen molar-refractivity contribution in [3.8, 4) is 0 Å². The third kappa shape index (κ3) is 1.16. The Labute approximate surface area is 68.8 Å². The average Bonchev–Trinajstić information content (AvgIpc) is 2.04. The minimum atomic E-state index is -0.588. The molecule has 1 unspecified atom stereocenters. The summed E-state index contributed by atoms with van der Waals surface area (Å²) >= 11 is 0. The Morgan fingerprint density at radius 1 is 1.55 bits per heavy atom. The lowest BCUT2D eigenvalue weighted by Crippen LogP contribution is -2.27. The van der Waals surface area contributed by atoms with Crippen LogP contribution in [0.15, 0.2) is 24.3 Å². The second-order valence-electron chi connectivity index (χ2n) is 2.96. The molecule has 58 valence electrons. The van der Waals surface area contributed by atoms with Gasteiger partial charge in [0.15, 0.2) is 0 Å². The van der Waals surface area contributed by atoms with Crippen molar-refractivity contribution < 1.29 is 1.37 Å². The number of fused-ring (bicyclic) bond motifs is 1. The molecule has 11 heavy (non-hydrogen) atoms. The summed E-state index contributed by atoms with van der Waals surface area (Å²) < 4.78 is 8.00. The van der Waals surface area contributed by atoms with Gasteiger partial charge >= 0.3 is 0 Å². The summed E-state index contributed by atoms with van der Waals surface area (Å²) in [6, 6.07) is 7.60. The molecular formula is C10H13N. The number of benzene rings is 1. The quantitative estimate of drug-likeness (QED) is 0.592. The van der Waals surface area contributed by atoms with Gasteiger partial charge in [-0.3, -0.25) is 0 Å². The maximum atomic E-state index is 8.00. The Bertz CT molecular complexity index is 294. The molecule has 1 atom stereocenters. The van der Waals surface area contributed by atoms with E-state index in [1.807, 2.05) is 25.1 Å². The van der Waals surface area contributed by atoms with Crippen LogP contribution in [0.3, 0.4) is 0 Å². The van der Waals surface area contributed by atoms with E-state index in [0.717, 1.165) is 18.5 Å². The molecule has 0 saturated carbocycles. The maximum absolute atomic E-state index is 8.00. The van der Waals surface area contributed by atoms with Gasteiger partial charge < -0.3 is 5.32 Å². The Morgan fingerprint density at radius 3 is 3.18 bits per heavy atom. The lowest BCUT2D eigenvalue weighted by atomic mass is 9.96. The van der Waals surface area contributed by atoms with Crippen LogP contribution in [0.1, 0.15) is 25.4 Å². The van der Waals surface area contributed by atoms with E-state index in [4.69, 9.17) is 1.37 Å². The minimum Gasteiger partial charge on any atom is -0.310 e. The molecule has 1 aromatic rings. The predicted molar refractivity (Wildman–Crippen MR) is 46.6 cm³/mol. The number of hydrogen-bond acceptors (Lipinski definition) is 1. The molecule has 0 bridgehead atoms. The van der Waals surface area contributed by atoms with E-state index in [2.05, 4.69) is 11.4 Å². The van der Waals surface area contributed by atoms with Gasteiger partial charge in [-0.2, -0.15) is 0 Å². The standard InChI is InChI=1S/C10H13N/c1-8-10-5-3-2-4-9(10)6-7-11-8/h2-5,8,11H,6-7H2,1H3/i8D. The Morgan fingerprint density at radius 2 is 2.36 bits per heavy atom. The molecule has 1 heterocycles. The second-order valence-corrected chi connectivity index (χ2v) is 2.96. The van der Waals surface area contributed by atoms with Crippen LogP contribution in [0, 0.1) is 0 Å². The molecular weight excluding hydrogens is 134 g/mol. The van der Waals surface area contributed by atoms with Crippen molar-refractivity contribution in [1.82, 2.24) is 5.32 Å². The van der Waals surface area contributed by atoms with Crippen molar-refractivity contribution in [2.24, 2.45) is 0 Å². The van der Waals surface area contributed by atoms with E-state index >= 15 is 0 Å². The lowest BCUT2D eigenvalue weighted by molar-refractivity contribution is 0.541. The van der Waals surface area contributed by atoms with Crippen LogP contribution in [0.25, 0.3) is 0 Å². The first-order valence-electron chi connectivity index (χ1n) is 4.53. The van der Waals surface area contributed by atoms with Gasteiger partial charge in [0.25, 0.3) is 0 Å². The maximum Gasteiger partial charge on any atom is 0.0513 e. The fraction of sp³-hybridized carbons (Fsp3) is 0.400. The van der Waals surface area contributed by atoms with E-state index in [-0.39, 0.29) is 0 Å². The van der Waals surface area contributed by atoms with Gasteiger partial charge in [0.1, 0.15) is 0 Å². The fourth-order valence-corrected chi connectivity index (χ4v) is 1.58. The van der Waals surface area contributed by atoms with Gasteiger partial charge in [-0.25, -0.2) is 0 Å². The summed E-state index contributed by atoms with van der Waals surface area (Å²) in [4.78, 5) is 0. The largest absolute Gasteiger partial charge is 0.310 e. The molecule has 2 rings (SSSR count). The molecule has 1 aromatic carbocycles. The number of nitrogens with one attached hydrogen (secondary N) is 1. The second kappa shape index (κ2) is 2.67. The van der Waals surface area contributed by atoms with Crippen LogP contribution in [0.5, 0.6) is 0 Å². The molecule has 1 N–H and O–H groups in total. The first-order valence-corrected chi connectivity index (χ1v) is 4.03. The van der Waals surface area contributed by atoms with Gasteiger partial charge in [-0.15, -0.1) is 0 Å². The first-order chi connectivity index (χ1) is 5.70. The van der Waals surface area contributed by atoms with Crippen LogP contribution in [-0.4, -0.2) is 6.54 Å². The SMILES string of the molecule is [2H]C1(C)NCCc2ccccc21. The fourth-order valence-electron chi connectivity index (χ4n) is 1.58. The van der Waals surface area contributed by atoms with Gasteiger partial charge in [0.05, 0.1) is 1.37 Å². The summed E-state index contributed by atoms with van der Waals surface area (Å²) in [5.41, 5.74) is 2.44. The van der Waals surface area contributed by atoms with Crippen LogP contribution in [0.4, 0.5) is 0 Å². The summed E-state index contributed by atoms with van der Waals surface area (Å²) in [5, 5.41) is 3.18. The Kier molecular flexibility index (Phi) is 1.40. The number of hydrogen-bond donors (Lipinski definition) is 1. The summed E-state index contributed by atoms with van der Waals surface area (Å²) in [7, 11) is 0. The highest BCUT2D eigenvalue weighted by molar-refractivity contribution is 5.31. The van der Waals surface area contributed by atoms with Gasteiger partial charge in [0.2, 0.25) is 0 Å². The smallest absolute Gasteiger partial charge is 0.0513 e. The van der Waals surface area contributed by atoms with Crippen molar-refractivity contribution in [3.63, 3.8) is 0 Å². The van der Waals surface area contributed by atoms with E-state index in [9.17, 15) is 0 Å². The Balaban J connectivity index is 2.52. The highest BCUT2D eigenvalue weighted by Gasteiger charge is 2.13. The zero-order chi connectivity index (χ0) is 8.60. The minimum absolute atomic E-state index is 0.588. The van der Waals surface area contributed by atoms with E-state index < -0.39 is 6.02 Å². The van der Waals surface area contributed by atoms with Crippen molar-refractivity contribution >= 4 is 0 Å². The third-order valence-corrected chi connectivity index (χ3v) is 2.21. The lowest BCUT2D eigenvalue weighted by Gasteiger charge is -2.23. The zero-order valence-corrected chi connectivity index (χ0v) is 6.72. The van der Waals surface area contributed by atoms with E-state index in [1.54, 1.807) is 0 Å². The van der Waals surface area contributed by atoms with Crippen molar-refractivity contribution in [2.75, 3.05) is 6.54 Å². The molecule has 0 aliphatic carbocycles. The van der Waals surface area contributed by atoms with Crippen molar-refractivity contribution in [2.45, 2.75) is 19.4 Å². The van der Waals surface area contributed by atoms with E-state index in [1.165, 1.54) is 5.56 Å². The van der Waals surface area contributed by atoms with Crippen LogP contribution in [-0.2, 0) is 6.42 Å². The molecule has 1 heteroatoms. The van der Waals surface area contributed by atoms with Crippen LogP contribution in [0.2, 0.25) is 0 Å². The van der Waals surface area contributed by atoms with Crippen molar-refractivity contribution in [1.29, 1.82) is 0 Å². The van der Waals surface area contributed by atoms with Gasteiger partial charge in [-0.05, 0) is 31.0 Å². The topological polar surface area (TPSA) is 12.0 Å². The first kappa shape index (κ1) is 5.78. The van der Waals surface area contributed by atoms with Gasteiger partial charge in [-0.1, -0.05) is 24.3 Å². The summed E-state index contributed by atoms with van der Waals surface area (Å²) in [6.45, 7) is 2.82. The molecule has 0 aromatic heterocycles. The molecule has 0 spiro atoms. The normalized spacial score (nSPS) is 30.8. The molecule has 1 nitrogen and oxygen atoms in total. The highest BCUT2D eigenvalue weighted by atomic mass is 14.9. The third-order valence-electron chi connectivity index (χ3n) is 2.21. The van der Waals surface area contributed by atoms with Crippen LogP contribution < -0.4 is 5.32 Å². The van der Waals surface area contributed by atoms with Crippen molar-refractivity contribution in [3.05, 3.63) is 35.4 Å². The molecule has 0 saturated heterocycles. The summed E-state index contributed by atoms with van der Waals surface area (Å²) in [6.07, 6.45) is 1.05. The Hall–Kier alpha value is -0.820. The molecule has 0 amide bonds. The number of rotatable bonds is 0. The van der Waals surface area contributed by atoms with Crippen LogP contribution >= 0.6 is 0 Å².